The highest BCUT2D eigenvalue weighted by molar-refractivity contribution is 5.76. The number of benzene rings is 1. The van der Waals surface area contributed by atoms with Gasteiger partial charge >= 0.3 is 0 Å². The van der Waals surface area contributed by atoms with Crippen molar-refractivity contribution in [1.82, 2.24) is 19.7 Å². The van der Waals surface area contributed by atoms with Crippen molar-refractivity contribution >= 4 is 5.91 Å². The van der Waals surface area contributed by atoms with Gasteiger partial charge in [-0.2, -0.15) is 5.10 Å². The molecule has 1 amide bonds. The summed E-state index contributed by atoms with van der Waals surface area (Å²) in [7, 11) is 0. The maximum Gasteiger partial charge on any atom is 0.244 e. The summed E-state index contributed by atoms with van der Waals surface area (Å²) in [6.45, 7) is 0.988. The highest BCUT2D eigenvalue weighted by Gasteiger charge is 2.31. The van der Waals surface area contributed by atoms with Crippen molar-refractivity contribution in [3.8, 4) is 0 Å². The number of carbonyl (C=O) groups excluding carboxylic acids is 1. The minimum atomic E-state index is -0.0867. The van der Waals surface area contributed by atoms with Crippen LogP contribution in [0.4, 0.5) is 0 Å². The number of likely N-dealkylation sites (tertiary alicyclic amines) is 1. The molecule has 0 saturated carbocycles. The van der Waals surface area contributed by atoms with E-state index in [1.165, 1.54) is 5.56 Å². The predicted octanol–water partition coefficient (Wildman–Crippen LogP) is 3.22. The van der Waals surface area contributed by atoms with E-state index in [1.807, 2.05) is 29.2 Å². The van der Waals surface area contributed by atoms with Gasteiger partial charge in [0.1, 0.15) is 18.3 Å². The second kappa shape index (κ2) is 7.56. The van der Waals surface area contributed by atoms with Crippen LogP contribution in [0.2, 0.25) is 0 Å². The zero-order valence-electron chi connectivity index (χ0n) is 14.6. The van der Waals surface area contributed by atoms with Gasteiger partial charge in [-0.05, 0) is 30.9 Å². The molecule has 1 aliphatic heterocycles. The van der Waals surface area contributed by atoms with Crippen LogP contribution in [0.5, 0.6) is 0 Å². The van der Waals surface area contributed by atoms with Gasteiger partial charge in [0, 0.05) is 25.4 Å². The van der Waals surface area contributed by atoms with E-state index in [2.05, 4.69) is 22.2 Å². The van der Waals surface area contributed by atoms with E-state index < -0.39 is 0 Å². The molecule has 1 unspecified atom stereocenters. The highest BCUT2D eigenvalue weighted by Crippen LogP contribution is 2.31. The SMILES string of the molecule is O=C(Cn1cccn1)N1CCCCC1c1ncc(Cc2ccccc2)o1. The summed E-state index contributed by atoms with van der Waals surface area (Å²) in [6, 6.07) is 11.9. The lowest BCUT2D eigenvalue weighted by Crippen LogP contribution is -2.40. The van der Waals surface area contributed by atoms with Crippen molar-refractivity contribution in [2.45, 2.75) is 38.3 Å². The van der Waals surface area contributed by atoms with Gasteiger partial charge in [-0.15, -0.1) is 0 Å². The molecular weight excluding hydrogens is 328 g/mol. The number of hydrogen-bond donors (Lipinski definition) is 0. The van der Waals surface area contributed by atoms with Crippen molar-refractivity contribution in [1.29, 1.82) is 0 Å². The minimum Gasteiger partial charge on any atom is -0.443 e. The van der Waals surface area contributed by atoms with E-state index in [9.17, 15) is 4.79 Å². The largest absolute Gasteiger partial charge is 0.443 e. The van der Waals surface area contributed by atoms with Crippen LogP contribution in [0.25, 0.3) is 0 Å². The van der Waals surface area contributed by atoms with Gasteiger partial charge in [0.2, 0.25) is 11.8 Å². The van der Waals surface area contributed by atoms with Crippen LogP contribution in [0.1, 0.15) is 42.5 Å². The number of oxazole rings is 1. The molecule has 2 aromatic heterocycles. The van der Waals surface area contributed by atoms with Gasteiger partial charge < -0.3 is 9.32 Å². The Morgan fingerprint density at radius 1 is 1.19 bits per heavy atom. The first kappa shape index (κ1) is 16.6. The molecule has 4 rings (SSSR count). The summed E-state index contributed by atoms with van der Waals surface area (Å²) in [5.41, 5.74) is 1.19. The molecule has 0 aliphatic carbocycles. The van der Waals surface area contributed by atoms with E-state index in [0.717, 1.165) is 31.6 Å². The first-order chi connectivity index (χ1) is 12.8. The predicted molar refractivity (Wildman–Crippen MR) is 96.3 cm³/mol. The first-order valence-electron chi connectivity index (χ1n) is 9.05. The molecule has 0 spiro atoms. The number of rotatable bonds is 5. The Morgan fingerprint density at radius 3 is 2.88 bits per heavy atom. The summed E-state index contributed by atoms with van der Waals surface area (Å²) in [5, 5.41) is 4.13. The van der Waals surface area contributed by atoms with Crippen molar-refractivity contribution in [3.05, 3.63) is 72.2 Å². The van der Waals surface area contributed by atoms with Crippen molar-refractivity contribution in [2.24, 2.45) is 0 Å². The Morgan fingerprint density at radius 2 is 2.08 bits per heavy atom. The van der Waals surface area contributed by atoms with Crippen LogP contribution in [-0.4, -0.2) is 32.1 Å². The van der Waals surface area contributed by atoms with Crippen molar-refractivity contribution in [3.63, 3.8) is 0 Å². The molecule has 6 heteroatoms. The fourth-order valence-corrected chi connectivity index (χ4v) is 3.47. The Hall–Kier alpha value is -2.89. The Labute approximate surface area is 152 Å². The molecule has 1 atom stereocenters. The fraction of sp³-hybridized carbons (Fsp3) is 0.350. The van der Waals surface area contributed by atoms with Gasteiger partial charge in [0.05, 0.1) is 6.20 Å². The fourth-order valence-electron chi connectivity index (χ4n) is 3.47. The smallest absolute Gasteiger partial charge is 0.244 e. The molecule has 6 nitrogen and oxygen atoms in total. The zero-order valence-corrected chi connectivity index (χ0v) is 14.6. The van der Waals surface area contributed by atoms with Crippen molar-refractivity contribution < 1.29 is 9.21 Å². The molecule has 1 saturated heterocycles. The third kappa shape index (κ3) is 3.69. The quantitative estimate of drug-likeness (QED) is 0.709. The standard InChI is InChI=1S/C20H22N4O2/c25-19(15-23-11-6-10-22-23)24-12-5-4-9-18(24)20-21-14-17(26-20)13-16-7-2-1-3-8-16/h1-3,6-8,10-11,14,18H,4-5,9,12-13,15H2. The van der Waals surface area contributed by atoms with E-state index >= 15 is 0 Å². The number of piperidine rings is 1. The average Bonchev–Trinajstić information content (AvgIpc) is 3.35. The summed E-state index contributed by atoms with van der Waals surface area (Å²) in [6.07, 6.45) is 8.96. The molecule has 3 heterocycles. The van der Waals surface area contributed by atoms with Gasteiger partial charge in [-0.25, -0.2) is 4.98 Å². The number of carbonyl (C=O) groups is 1. The molecule has 1 fully saturated rings. The van der Waals surface area contributed by atoms with Crippen LogP contribution in [0.3, 0.4) is 0 Å². The maximum atomic E-state index is 12.7. The monoisotopic (exact) mass is 350 g/mol. The maximum absolute atomic E-state index is 12.7. The van der Waals surface area contributed by atoms with Gasteiger partial charge in [-0.3, -0.25) is 9.48 Å². The zero-order chi connectivity index (χ0) is 17.8. The van der Waals surface area contributed by atoms with Crippen LogP contribution in [-0.2, 0) is 17.8 Å². The topological polar surface area (TPSA) is 64.2 Å². The Bertz CT molecular complexity index is 842. The minimum absolute atomic E-state index is 0.0567. The summed E-state index contributed by atoms with van der Waals surface area (Å²) >= 11 is 0. The molecule has 0 N–H and O–H groups in total. The highest BCUT2D eigenvalue weighted by atomic mass is 16.4. The van der Waals surface area contributed by atoms with E-state index in [4.69, 9.17) is 4.42 Å². The number of aromatic nitrogens is 3. The van der Waals surface area contributed by atoms with Gasteiger partial charge in [-0.1, -0.05) is 30.3 Å². The van der Waals surface area contributed by atoms with E-state index in [-0.39, 0.29) is 18.5 Å². The molecule has 3 aromatic rings. The van der Waals surface area contributed by atoms with Crippen LogP contribution in [0, 0.1) is 0 Å². The number of nitrogens with zero attached hydrogens (tertiary/aromatic N) is 4. The summed E-state index contributed by atoms with van der Waals surface area (Å²) < 4.78 is 7.67. The third-order valence-electron chi connectivity index (χ3n) is 4.76. The normalized spacial score (nSPS) is 17.4. The van der Waals surface area contributed by atoms with Gasteiger partial charge in [0.15, 0.2) is 0 Å². The second-order valence-electron chi connectivity index (χ2n) is 6.63. The molecule has 26 heavy (non-hydrogen) atoms. The Balaban J connectivity index is 1.48. The number of amides is 1. The molecule has 0 radical (unpaired) electrons. The second-order valence-corrected chi connectivity index (χ2v) is 6.63. The molecule has 0 bridgehead atoms. The van der Waals surface area contributed by atoms with E-state index in [1.54, 1.807) is 23.3 Å². The van der Waals surface area contributed by atoms with Gasteiger partial charge in [0.25, 0.3) is 0 Å². The third-order valence-corrected chi connectivity index (χ3v) is 4.76. The lowest BCUT2D eigenvalue weighted by Gasteiger charge is -2.33. The van der Waals surface area contributed by atoms with Crippen LogP contribution >= 0.6 is 0 Å². The average molecular weight is 350 g/mol. The lowest BCUT2D eigenvalue weighted by molar-refractivity contribution is -0.136. The lowest BCUT2D eigenvalue weighted by atomic mass is 10.0. The molecule has 134 valence electrons. The number of hydrogen-bond acceptors (Lipinski definition) is 4. The van der Waals surface area contributed by atoms with E-state index in [0.29, 0.717) is 12.3 Å². The first-order valence-corrected chi connectivity index (χ1v) is 9.05. The summed E-state index contributed by atoms with van der Waals surface area (Å²) in [5.74, 6) is 1.53. The van der Waals surface area contributed by atoms with Crippen LogP contribution < -0.4 is 0 Å². The van der Waals surface area contributed by atoms with Crippen molar-refractivity contribution in [2.75, 3.05) is 6.54 Å². The Kier molecular flexibility index (Phi) is 4.82. The molecule has 1 aromatic carbocycles. The molecule has 1 aliphatic rings. The molecular formula is C20H22N4O2. The summed E-state index contributed by atoms with van der Waals surface area (Å²) in [4.78, 5) is 19.1. The van der Waals surface area contributed by atoms with Crippen LogP contribution in [0.15, 0.2) is 59.4 Å².